The summed E-state index contributed by atoms with van der Waals surface area (Å²) in [6, 6.07) is 12.5. The highest BCUT2D eigenvalue weighted by Gasteiger charge is 2.51. The standard InChI is InChI=1S/C21H22F3N5O2S/c22-21(23,24)32(30,31)28-13-18(9-8-16-5-2-1-3-6-16)29(12-17-11-25-15-27-17)20-7-4-10-26-19(20)14-28/h1-7,10-11,15,18H,8-9,12-14H2,(H,25,27)/t18-/m1/s1. The quantitative estimate of drug-likeness (QED) is 0.603. The van der Waals surface area contributed by atoms with Crippen LogP contribution in [0, 0.1) is 0 Å². The van der Waals surface area contributed by atoms with E-state index in [1.54, 1.807) is 18.3 Å². The van der Waals surface area contributed by atoms with Crippen LogP contribution in [0.15, 0.2) is 61.2 Å². The summed E-state index contributed by atoms with van der Waals surface area (Å²) in [5.74, 6) is 0. The van der Waals surface area contributed by atoms with Crippen molar-refractivity contribution < 1.29 is 21.6 Å². The molecule has 0 spiro atoms. The lowest BCUT2D eigenvalue weighted by molar-refractivity contribution is -0.0492. The Kier molecular flexibility index (Phi) is 6.20. The number of anilines is 1. The summed E-state index contributed by atoms with van der Waals surface area (Å²) in [7, 11) is -5.52. The molecule has 1 aliphatic rings. The zero-order valence-corrected chi connectivity index (χ0v) is 17.9. The van der Waals surface area contributed by atoms with Gasteiger partial charge in [0.2, 0.25) is 0 Å². The molecule has 7 nitrogen and oxygen atoms in total. The summed E-state index contributed by atoms with van der Waals surface area (Å²) in [4.78, 5) is 13.2. The number of pyridine rings is 1. The first-order valence-corrected chi connectivity index (χ1v) is 11.5. The number of alkyl halides is 3. The molecule has 1 atom stereocenters. The van der Waals surface area contributed by atoms with Crippen LogP contribution in [0.5, 0.6) is 0 Å². The van der Waals surface area contributed by atoms with Gasteiger partial charge in [-0.25, -0.2) is 13.4 Å². The smallest absolute Gasteiger partial charge is 0.360 e. The number of aromatic amines is 1. The molecule has 2 aromatic heterocycles. The van der Waals surface area contributed by atoms with Crippen LogP contribution in [0.2, 0.25) is 0 Å². The summed E-state index contributed by atoms with van der Waals surface area (Å²) >= 11 is 0. The molecule has 32 heavy (non-hydrogen) atoms. The molecule has 11 heteroatoms. The number of aryl methyl sites for hydroxylation is 1. The summed E-state index contributed by atoms with van der Waals surface area (Å²) in [6.07, 6.45) is 5.66. The Bertz CT molecular complexity index is 1140. The van der Waals surface area contributed by atoms with Gasteiger partial charge in [0.15, 0.2) is 0 Å². The fraction of sp³-hybridized carbons (Fsp3) is 0.333. The summed E-state index contributed by atoms with van der Waals surface area (Å²) in [6.45, 7) is -0.420. The van der Waals surface area contributed by atoms with Gasteiger partial charge in [-0.05, 0) is 30.5 Å². The van der Waals surface area contributed by atoms with E-state index in [9.17, 15) is 21.6 Å². The van der Waals surface area contributed by atoms with E-state index in [0.717, 1.165) is 11.3 Å². The fourth-order valence-electron chi connectivity index (χ4n) is 3.90. The predicted octanol–water partition coefficient (Wildman–Crippen LogP) is 3.48. The third kappa shape index (κ3) is 4.63. The van der Waals surface area contributed by atoms with Crippen LogP contribution in [0.1, 0.15) is 23.4 Å². The number of nitrogens with zero attached hydrogens (tertiary/aromatic N) is 4. The van der Waals surface area contributed by atoms with Crippen molar-refractivity contribution in [3.8, 4) is 0 Å². The van der Waals surface area contributed by atoms with Crippen molar-refractivity contribution in [2.24, 2.45) is 0 Å². The maximum atomic E-state index is 13.4. The highest BCUT2D eigenvalue weighted by atomic mass is 32.2. The van der Waals surface area contributed by atoms with Crippen molar-refractivity contribution in [2.75, 3.05) is 11.4 Å². The molecule has 0 saturated heterocycles. The maximum Gasteiger partial charge on any atom is 0.511 e. The van der Waals surface area contributed by atoms with Gasteiger partial charge in [-0.15, -0.1) is 0 Å². The number of hydrogen-bond acceptors (Lipinski definition) is 5. The second-order valence-corrected chi connectivity index (χ2v) is 9.52. The first-order chi connectivity index (χ1) is 15.3. The minimum absolute atomic E-state index is 0.280. The molecule has 0 saturated carbocycles. The van der Waals surface area contributed by atoms with Gasteiger partial charge < -0.3 is 9.88 Å². The van der Waals surface area contributed by atoms with E-state index in [0.29, 0.717) is 29.4 Å². The van der Waals surface area contributed by atoms with Crippen molar-refractivity contribution in [3.63, 3.8) is 0 Å². The third-order valence-corrected chi connectivity index (χ3v) is 7.04. The first kappa shape index (κ1) is 22.3. The van der Waals surface area contributed by atoms with Crippen molar-refractivity contribution in [1.82, 2.24) is 19.3 Å². The molecule has 170 valence electrons. The number of nitrogens with one attached hydrogen (secondary N) is 1. The monoisotopic (exact) mass is 465 g/mol. The van der Waals surface area contributed by atoms with E-state index < -0.39 is 28.1 Å². The van der Waals surface area contributed by atoms with E-state index in [1.807, 2.05) is 35.2 Å². The Morgan fingerprint density at radius 3 is 2.59 bits per heavy atom. The van der Waals surface area contributed by atoms with Gasteiger partial charge in [0.1, 0.15) is 0 Å². The van der Waals surface area contributed by atoms with Crippen molar-refractivity contribution in [3.05, 3.63) is 78.1 Å². The Labute approximate surface area is 184 Å². The lowest BCUT2D eigenvalue weighted by Crippen LogP contribution is -2.47. The predicted molar refractivity (Wildman–Crippen MR) is 113 cm³/mol. The Balaban J connectivity index is 1.73. The highest BCUT2D eigenvalue weighted by molar-refractivity contribution is 7.89. The van der Waals surface area contributed by atoms with Gasteiger partial charge in [-0.2, -0.15) is 17.5 Å². The molecule has 0 radical (unpaired) electrons. The van der Waals surface area contributed by atoms with Crippen molar-refractivity contribution >= 4 is 15.7 Å². The highest BCUT2D eigenvalue weighted by Crippen LogP contribution is 2.34. The number of H-pyrrole nitrogens is 1. The van der Waals surface area contributed by atoms with E-state index in [2.05, 4.69) is 15.0 Å². The molecule has 1 N–H and O–H groups in total. The lowest BCUT2D eigenvalue weighted by atomic mass is 10.0. The van der Waals surface area contributed by atoms with E-state index in [1.165, 1.54) is 12.5 Å². The van der Waals surface area contributed by atoms with Gasteiger partial charge in [-0.1, -0.05) is 30.3 Å². The van der Waals surface area contributed by atoms with Crippen LogP contribution in [0.4, 0.5) is 18.9 Å². The molecule has 0 unspecified atom stereocenters. The van der Waals surface area contributed by atoms with Crippen LogP contribution < -0.4 is 4.90 Å². The Hall–Kier alpha value is -2.92. The minimum Gasteiger partial charge on any atom is -0.360 e. The number of hydrogen-bond donors (Lipinski definition) is 1. The van der Waals surface area contributed by atoms with Gasteiger partial charge in [-0.3, -0.25) is 4.98 Å². The first-order valence-electron chi connectivity index (χ1n) is 10.0. The maximum absolute atomic E-state index is 13.4. The Morgan fingerprint density at radius 1 is 1.12 bits per heavy atom. The topological polar surface area (TPSA) is 82.2 Å². The van der Waals surface area contributed by atoms with Crippen LogP contribution in [0.3, 0.4) is 0 Å². The number of halogens is 3. The average Bonchev–Trinajstić information content (AvgIpc) is 3.22. The molecule has 0 bridgehead atoms. The minimum atomic E-state index is -5.52. The van der Waals surface area contributed by atoms with Gasteiger partial charge in [0.25, 0.3) is 0 Å². The molecule has 4 rings (SSSR count). The van der Waals surface area contributed by atoms with E-state index in [4.69, 9.17) is 0 Å². The largest absolute Gasteiger partial charge is 0.511 e. The number of sulfonamides is 1. The molecule has 1 aliphatic heterocycles. The third-order valence-electron chi connectivity index (χ3n) is 5.49. The fourth-order valence-corrected chi connectivity index (χ4v) is 4.85. The number of benzene rings is 1. The molecule has 3 aromatic rings. The van der Waals surface area contributed by atoms with Crippen molar-refractivity contribution in [1.29, 1.82) is 0 Å². The van der Waals surface area contributed by atoms with Gasteiger partial charge in [0, 0.05) is 25.0 Å². The average molecular weight is 466 g/mol. The van der Waals surface area contributed by atoms with Gasteiger partial charge in [0.05, 0.1) is 36.5 Å². The summed E-state index contributed by atoms with van der Waals surface area (Å²) < 4.78 is 65.5. The van der Waals surface area contributed by atoms with Crippen LogP contribution >= 0.6 is 0 Å². The summed E-state index contributed by atoms with van der Waals surface area (Å²) in [5.41, 5.74) is -2.71. The number of imidazole rings is 1. The van der Waals surface area contributed by atoms with Crippen molar-refractivity contribution in [2.45, 2.75) is 37.5 Å². The molecule has 3 heterocycles. The molecular weight excluding hydrogens is 443 g/mol. The SMILES string of the molecule is O=S(=O)(N1Cc2ncccc2N(Cc2cnc[nH]2)[C@H](CCc2ccccc2)C1)C(F)(F)F. The molecule has 0 amide bonds. The molecular formula is C21H22F3N5O2S. The molecule has 1 aromatic carbocycles. The van der Waals surface area contributed by atoms with E-state index >= 15 is 0 Å². The summed E-state index contributed by atoms with van der Waals surface area (Å²) in [5, 5.41) is 0. The number of rotatable bonds is 6. The number of aromatic nitrogens is 3. The normalized spacial score (nSPS) is 17.7. The van der Waals surface area contributed by atoms with Crippen LogP contribution in [-0.2, 0) is 29.5 Å². The van der Waals surface area contributed by atoms with Gasteiger partial charge >= 0.3 is 15.5 Å². The molecule has 0 aliphatic carbocycles. The second-order valence-electron chi connectivity index (χ2n) is 7.60. The Morgan fingerprint density at radius 2 is 1.91 bits per heavy atom. The van der Waals surface area contributed by atoms with E-state index in [-0.39, 0.29) is 12.2 Å². The molecule has 0 fully saturated rings. The van der Waals surface area contributed by atoms with Crippen LogP contribution in [0.25, 0.3) is 0 Å². The zero-order valence-electron chi connectivity index (χ0n) is 17.0. The second kappa shape index (κ2) is 8.91. The lowest BCUT2D eigenvalue weighted by Gasteiger charge is -2.33. The van der Waals surface area contributed by atoms with Crippen LogP contribution in [-0.4, -0.2) is 45.8 Å². The zero-order chi connectivity index (χ0) is 22.8. The number of fused-ring (bicyclic) bond motifs is 1.